The zero-order valence-electron chi connectivity index (χ0n) is 11.1. The van der Waals surface area contributed by atoms with E-state index in [0.29, 0.717) is 12.1 Å². The van der Waals surface area contributed by atoms with Gasteiger partial charge in [0, 0.05) is 38.3 Å². The van der Waals surface area contributed by atoms with E-state index in [4.69, 9.17) is 0 Å². The number of nitrogens with zero attached hydrogens (tertiary/aromatic N) is 3. The van der Waals surface area contributed by atoms with Gasteiger partial charge in [0.25, 0.3) is 0 Å². The van der Waals surface area contributed by atoms with E-state index in [1.54, 1.807) is 0 Å². The number of hydrogen-bond donors (Lipinski definition) is 0. The molecule has 1 aliphatic carbocycles. The number of hydrogen-bond acceptors (Lipinski definition) is 4. The Morgan fingerprint density at radius 3 is 2.41 bits per heavy atom. The molecule has 1 aliphatic heterocycles. The lowest BCUT2D eigenvalue weighted by Gasteiger charge is -2.42. The van der Waals surface area contributed by atoms with Crippen molar-refractivity contribution in [3.63, 3.8) is 0 Å². The van der Waals surface area contributed by atoms with E-state index in [9.17, 15) is 4.91 Å². The van der Waals surface area contributed by atoms with E-state index in [1.165, 1.54) is 25.9 Å². The van der Waals surface area contributed by atoms with Crippen LogP contribution in [-0.4, -0.2) is 54.1 Å². The van der Waals surface area contributed by atoms with Gasteiger partial charge in [0.1, 0.15) is 0 Å². The van der Waals surface area contributed by atoms with Crippen LogP contribution in [-0.2, 0) is 0 Å². The van der Waals surface area contributed by atoms with Gasteiger partial charge in [-0.3, -0.25) is 9.80 Å². The molecule has 0 N–H and O–H groups in total. The molecule has 0 aromatic heterocycles. The SMILES string of the molecule is CC(C)N1CCN(C2CCCC(N=O)C2)CC1. The molecular weight excluding hydrogens is 214 g/mol. The quantitative estimate of drug-likeness (QED) is 0.708. The van der Waals surface area contributed by atoms with Crippen LogP contribution in [0.3, 0.4) is 0 Å². The summed E-state index contributed by atoms with van der Waals surface area (Å²) in [5.74, 6) is 0. The second-order valence-corrected chi connectivity index (χ2v) is 5.75. The first-order valence-corrected chi connectivity index (χ1v) is 7.01. The van der Waals surface area contributed by atoms with Crippen LogP contribution in [0.1, 0.15) is 39.5 Å². The van der Waals surface area contributed by atoms with Crippen molar-refractivity contribution < 1.29 is 0 Å². The lowest BCUT2D eigenvalue weighted by atomic mass is 9.90. The largest absolute Gasteiger partial charge is 0.298 e. The standard InChI is InChI=1S/C13H25N3O/c1-11(2)15-6-8-16(9-7-15)13-5-3-4-12(10-13)14-17/h11-13H,3-10H2,1-2H3. The topological polar surface area (TPSA) is 35.9 Å². The minimum absolute atomic E-state index is 0.0804. The molecular formula is C13H25N3O. The lowest BCUT2D eigenvalue weighted by Crippen LogP contribution is -2.53. The van der Waals surface area contributed by atoms with E-state index in [-0.39, 0.29) is 6.04 Å². The molecule has 98 valence electrons. The summed E-state index contributed by atoms with van der Waals surface area (Å²) in [5.41, 5.74) is 0. The predicted molar refractivity (Wildman–Crippen MR) is 70.1 cm³/mol. The highest BCUT2D eigenvalue weighted by molar-refractivity contribution is 4.86. The van der Waals surface area contributed by atoms with E-state index < -0.39 is 0 Å². The summed E-state index contributed by atoms with van der Waals surface area (Å²) in [7, 11) is 0. The molecule has 0 radical (unpaired) electrons. The normalized spacial score (nSPS) is 32.9. The predicted octanol–water partition coefficient (Wildman–Crippen LogP) is 2.09. The Balaban J connectivity index is 1.81. The van der Waals surface area contributed by atoms with Crippen LogP contribution in [0.25, 0.3) is 0 Å². The van der Waals surface area contributed by atoms with Crippen molar-refractivity contribution in [3.8, 4) is 0 Å². The zero-order chi connectivity index (χ0) is 12.3. The number of nitroso groups, excluding NO2 is 1. The molecule has 0 bridgehead atoms. The van der Waals surface area contributed by atoms with Crippen molar-refractivity contribution >= 4 is 0 Å². The molecule has 1 heterocycles. The molecule has 0 aromatic rings. The van der Waals surface area contributed by atoms with Crippen molar-refractivity contribution in [2.45, 2.75) is 57.7 Å². The third-order valence-corrected chi connectivity index (χ3v) is 4.36. The lowest BCUT2D eigenvalue weighted by molar-refractivity contribution is 0.0613. The van der Waals surface area contributed by atoms with Crippen LogP contribution >= 0.6 is 0 Å². The Kier molecular flexibility index (Phi) is 4.51. The average molecular weight is 239 g/mol. The maximum Gasteiger partial charge on any atom is 0.0934 e. The fourth-order valence-corrected chi connectivity index (χ4v) is 3.19. The van der Waals surface area contributed by atoms with Crippen LogP contribution in [0.4, 0.5) is 0 Å². The summed E-state index contributed by atoms with van der Waals surface area (Å²) in [6, 6.07) is 1.35. The highest BCUT2D eigenvalue weighted by Crippen LogP contribution is 2.26. The summed E-state index contributed by atoms with van der Waals surface area (Å²) < 4.78 is 0. The van der Waals surface area contributed by atoms with Crippen LogP contribution in [0.2, 0.25) is 0 Å². The van der Waals surface area contributed by atoms with Gasteiger partial charge in [-0.1, -0.05) is 5.18 Å². The monoisotopic (exact) mass is 239 g/mol. The zero-order valence-corrected chi connectivity index (χ0v) is 11.1. The van der Waals surface area contributed by atoms with Crippen molar-refractivity contribution in [1.29, 1.82) is 0 Å². The van der Waals surface area contributed by atoms with Gasteiger partial charge in [-0.15, -0.1) is 0 Å². The first-order chi connectivity index (χ1) is 8.20. The van der Waals surface area contributed by atoms with Gasteiger partial charge >= 0.3 is 0 Å². The second-order valence-electron chi connectivity index (χ2n) is 5.75. The summed E-state index contributed by atoms with van der Waals surface area (Å²) in [6.45, 7) is 9.20. The van der Waals surface area contributed by atoms with Crippen molar-refractivity contribution in [2.75, 3.05) is 26.2 Å². The summed E-state index contributed by atoms with van der Waals surface area (Å²) in [6.07, 6.45) is 4.43. The van der Waals surface area contributed by atoms with Crippen molar-refractivity contribution in [1.82, 2.24) is 9.80 Å². The molecule has 17 heavy (non-hydrogen) atoms. The molecule has 0 spiro atoms. The smallest absolute Gasteiger partial charge is 0.0934 e. The molecule has 2 rings (SSSR count). The third-order valence-electron chi connectivity index (χ3n) is 4.36. The molecule has 2 aliphatic rings. The van der Waals surface area contributed by atoms with Crippen LogP contribution in [0.5, 0.6) is 0 Å². The Bertz CT molecular complexity index is 249. The van der Waals surface area contributed by atoms with Gasteiger partial charge in [0.05, 0.1) is 6.04 Å². The van der Waals surface area contributed by atoms with Gasteiger partial charge in [0.15, 0.2) is 0 Å². The molecule has 0 amide bonds. The first-order valence-electron chi connectivity index (χ1n) is 7.01. The molecule has 2 atom stereocenters. The van der Waals surface area contributed by atoms with Gasteiger partial charge in [-0.25, -0.2) is 0 Å². The first kappa shape index (κ1) is 13.0. The molecule has 1 saturated carbocycles. The molecule has 2 fully saturated rings. The number of piperazine rings is 1. The maximum atomic E-state index is 10.7. The Hall–Kier alpha value is -0.480. The van der Waals surface area contributed by atoms with Crippen LogP contribution in [0, 0.1) is 4.91 Å². The number of rotatable bonds is 3. The highest BCUT2D eigenvalue weighted by Gasteiger charge is 2.29. The summed E-state index contributed by atoms with van der Waals surface area (Å²) in [5, 5.41) is 3.25. The van der Waals surface area contributed by atoms with E-state index in [2.05, 4.69) is 28.8 Å². The van der Waals surface area contributed by atoms with E-state index in [1.807, 2.05) is 0 Å². The van der Waals surface area contributed by atoms with Crippen molar-refractivity contribution in [2.24, 2.45) is 5.18 Å². The van der Waals surface area contributed by atoms with Gasteiger partial charge in [-0.2, -0.15) is 4.91 Å². The molecule has 4 nitrogen and oxygen atoms in total. The highest BCUT2D eigenvalue weighted by atomic mass is 16.3. The Morgan fingerprint density at radius 2 is 1.82 bits per heavy atom. The molecule has 2 unspecified atom stereocenters. The molecule has 0 aromatic carbocycles. The summed E-state index contributed by atoms with van der Waals surface area (Å²) in [4.78, 5) is 15.8. The summed E-state index contributed by atoms with van der Waals surface area (Å²) >= 11 is 0. The molecule has 4 heteroatoms. The Labute approximate surface area is 104 Å². The molecule has 1 saturated heterocycles. The van der Waals surface area contributed by atoms with Gasteiger partial charge in [-0.05, 0) is 39.5 Å². The maximum absolute atomic E-state index is 10.7. The van der Waals surface area contributed by atoms with E-state index >= 15 is 0 Å². The van der Waals surface area contributed by atoms with Crippen LogP contribution < -0.4 is 0 Å². The Morgan fingerprint density at radius 1 is 1.12 bits per heavy atom. The minimum atomic E-state index is 0.0804. The van der Waals surface area contributed by atoms with Gasteiger partial charge in [0.2, 0.25) is 0 Å². The van der Waals surface area contributed by atoms with Crippen molar-refractivity contribution in [3.05, 3.63) is 4.91 Å². The van der Waals surface area contributed by atoms with Crippen LogP contribution in [0.15, 0.2) is 5.18 Å². The second kappa shape index (κ2) is 5.91. The minimum Gasteiger partial charge on any atom is -0.298 e. The third kappa shape index (κ3) is 3.26. The van der Waals surface area contributed by atoms with E-state index in [0.717, 1.165) is 25.9 Å². The fourth-order valence-electron chi connectivity index (χ4n) is 3.19. The fraction of sp³-hybridized carbons (Fsp3) is 1.00. The van der Waals surface area contributed by atoms with Gasteiger partial charge < -0.3 is 0 Å². The average Bonchev–Trinajstić information content (AvgIpc) is 2.39.